The summed E-state index contributed by atoms with van der Waals surface area (Å²) in [5, 5.41) is 3.24. The van der Waals surface area contributed by atoms with Gasteiger partial charge in [-0.05, 0) is 31.0 Å². The lowest BCUT2D eigenvalue weighted by Gasteiger charge is -2.53. The third-order valence-corrected chi connectivity index (χ3v) is 4.53. The third kappa shape index (κ3) is 2.39. The first-order chi connectivity index (χ1) is 10.1. The molecule has 0 bridgehead atoms. The van der Waals surface area contributed by atoms with Gasteiger partial charge in [0.25, 0.3) is 0 Å². The lowest BCUT2D eigenvalue weighted by atomic mass is 9.66. The minimum absolute atomic E-state index is 0.0943. The number of carbonyl (C=O) groups excluding carboxylic acids is 1. The molecule has 1 aromatic rings. The topological polar surface area (TPSA) is 41.6 Å². The molecule has 1 aliphatic heterocycles. The zero-order valence-electron chi connectivity index (χ0n) is 12.7. The first-order valence-electron chi connectivity index (χ1n) is 7.45. The summed E-state index contributed by atoms with van der Waals surface area (Å²) in [5.41, 5.74) is 2.08. The highest BCUT2D eigenvalue weighted by Crippen LogP contribution is 2.44. The van der Waals surface area contributed by atoms with Crippen LogP contribution in [-0.4, -0.2) is 37.4 Å². The molecule has 21 heavy (non-hydrogen) atoms. The van der Waals surface area contributed by atoms with Crippen molar-refractivity contribution in [1.29, 1.82) is 0 Å². The van der Waals surface area contributed by atoms with E-state index in [0.29, 0.717) is 6.42 Å². The average Bonchev–Trinajstić information content (AvgIpc) is 2.44. The van der Waals surface area contributed by atoms with Crippen LogP contribution < -0.4 is 10.1 Å². The van der Waals surface area contributed by atoms with Crippen LogP contribution >= 0.6 is 0 Å². The number of likely N-dealkylation sites (tertiary alicyclic amines) is 1. The fourth-order valence-electron chi connectivity index (χ4n) is 3.49. The van der Waals surface area contributed by atoms with Gasteiger partial charge in [-0.15, -0.1) is 0 Å². The Morgan fingerprint density at radius 2 is 2.19 bits per heavy atom. The van der Waals surface area contributed by atoms with Gasteiger partial charge in [-0.3, -0.25) is 4.79 Å². The van der Waals surface area contributed by atoms with E-state index in [4.69, 9.17) is 4.74 Å². The number of ether oxygens (including phenoxy) is 1. The molecular formula is C17H22N2O2. The van der Waals surface area contributed by atoms with E-state index < -0.39 is 0 Å². The van der Waals surface area contributed by atoms with Crippen LogP contribution in [0, 0.1) is 5.41 Å². The van der Waals surface area contributed by atoms with E-state index in [1.165, 1.54) is 0 Å². The molecule has 1 heterocycles. The van der Waals surface area contributed by atoms with Crippen molar-refractivity contribution in [3.63, 3.8) is 0 Å². The molecular weight excluding hydrogens is 264 g/mol. The van der Waals surface area contributed by atoms with Gasteiger partial charge in [0.05, 0.1) is 12.9 Å². The van der Waals surface area contributed by atoms with Gasteiger partial charge >= 0.3 is 0 Å². The maximum absolute atomic E-state index is 12.5. The van der Waals surface area contributed by atoms with Gasteiger partial charge in [-0.25, -0.2) is 0 Å². The zero-order valence-corrected chi connectivity index (χ0v) is 12.7. The average molecular weight is 286 g/mol. The van der Waals surface area contributed by atoms with Crippen LogP contribution in [0.25, 0.3) is 0 Å². The van der Waals surface area contributed by atoms with Crippen molar-refractivity contribution in [2.75, 3.05) is 26.7 Å². The first-order valence-corrected chi connectivity index (χ1v) is 7.45. The SMILES string of the molecule is C=C(NCC)N1CC2(CC(=O)c3cc(OC)ccc3C2)C1. The molecule has 0 radical (unpaired) electrons. The molecule has 0 unspecified atom stereocenters. The van der Waals surface area contributed by atoms with Crippen LogP contribution in [-0.2, 0) is 6.42 Å². The van der Waals surface area contributed by atoms with Crippen molar-refractivity contribution < 1.29 is 9.53 Å². The van der Waals surface area contributed by atoms with Crippen LogP contribution in [0.4, 0.5) is 0 Å². The number of nitrogens with one attached hydrogen (secondary N) is 1. The number of benzene rings is 1. The van der Waals surface area contributed by atoms with Crippen molar-refractivity contribution in [1.82, 2.24) is 10.2 Å². The van der Waals surface area contributed by atoms with E-state index in [9.17, 15) is 4.79 Å². The summed E-state index contributed by atoms with van der Waals surface area (Å²) in [6.45, 7) is 8.81. The molecule has 1 saturated heterocycles. The Morgan fingerprint density at radius 1 is 1.43 bits per heavy atom. The predicted octanol–water partition coefficient (Wildman–Crippen LogP) is 2.21. The Hall–Kier alpha value is -1.97. The molecule has 4 nitrogen and oxygen atoms in total. The molecule has 1 aliphatic carbocycles. The fraction of sp³-hybridized carbons (Fsp3) is 0.471. The van der Waals surface area contributed by atoms with Crippen LogP contribution in [0.5, 0.6) is 5.75 Å². The van der Waals surface area contributed by atoms with Gasteiger partial charge in [0.2, 0.25) is 0 Å². The summed E-state index contributed by atoms with van der Waals surface area (Å²) in [6.07, 6.45) is 1.59. The van der Waals surface area contributed by atoms with E-state index in [0.717, 1.165) is 48.8 Å². The molecule has 1 spiro atoms. The van der Waals surface area contributed by atoms with Crippen LogP contribution in [0.15, 0.2) is 30.6 Å². The molecule has 4 heteroatoms. The van der Waals surface area contributed by atoms with Crippen molar-refractivity contribution >= 4 is 5.78 Å². The number of methoxy groups -OCH3 is 1. The number of rotatable bonds is 4. The highest BCUT2D eigenvalue weighted by molar-refractivity contribution is 5.99. The molecule has 0 amide bonds. The highest BCUT2D eigenvalue weighted by atomic mass is 16.5. The summed E-state index contributed by atoms with van der Waals surface area (Å²) < 4.78 is 5.22. The van der Waals surface area contributed by atoms with Crippen molar-refractivity contribution in [2.45, 2.75) is 19.8 Å². The quantitative estimate of drug-likeness (QED) is 0.921. The molecule has 0 aromatic heterocycles. The van der Waals surface area contributed by atoms with E-state index in [1.54, 1.807) is 7.11 Å². The summed E-state index contributed by atoms with van der Waals surface area (Å²) in [4.78, 5) is 14.7. The Balaban J connectivity index is 1.75. The van der Waals surface area contributed by atoms with Gasteiger partial charge in [0.1, 0.15) is 5.75 Å². The summed E-state index contributed by atoms with van der Waals surface area (Å²) >= 11 is 0. The number of Topliss-reactive ketones (excluding diaryl/α,β-unsaturated/α-hetero) is 1. The van der Waals surface area contributed by atoms with E-state index in [-0.39, 0.29) is 11.2 Å². The molecule has 1 N–H and O–H groups in total. The second-order valence-corrected chi connectivity index (χ2v) is 6.13. The van der Waals surface area contributed by atoms with Crippen molar-refractivity contribution in [3.8, 4) is 5.75 Å². The molecule has 0 atom stereocenters. The van der Waals surface area contributed by atoms with Gasteiger partial charge < -0.3 is 15.0 Å². The van der Waals surface area contributed by atoms with E-state index in [1.807, 2.05) is 18.2 Å². The second-order valence-electron chi connectivity index (χ2n) is 6.13. The molecule has 112 valence electrons. The monoisotopic (exact) mass is 286 g/mol. The van der Waals surface area contributed by atoms with Crippen LogP contribution in [0.2, 0.25) is 0 Å². The van der Waals surface area contributed by atoms with E-state index in [2.05, 4.69) is 23.7 Å². The Morgan fingerprint density at radius 3 is 2.86 bits per heavy atom. The molecule has 1 fully saturated rings. The first kappa shape index (κ1) is 14.0. The standard InChI is InChI=1S/C17H22N2O2/c1-4-18-12(2)19-10-17(11-19)8-13-5-6-14(21-3)7-15(13)16(20)9-17/h5-7,18H,2,4,8-11H2,1,3H3. The third-order valence-electron chi connectivity index (χ3n) is 4.53. The van der Waals surface area contributed by atoms with Gasteiger partial charge in [-0.2, -0.15) is 0 Å². The van der Waals surface area contributed by atoms with Crippen LogP contribution in [0.1, 0.15) is 29.3 Å². The summed E-state index contributed by atoms with van der Waals surface area (Å²) in [5.74, 6) is 1.97. The Labute approximate surface area is 125 Å². The summed E-state index contributed by atoms with van der Waals surface area (Å²) in [7, 11) is 1.63. The summed E-state index contributed by atoms with van der Waals surface area (Å²) in [6, 6.07) is 5.85. The van der Waals surface area contributed by atoms with Crippen LogP contribution in [0.3, 0.4) is 0 Å². The number of fused-ring (bicyclic) bond motifs is 1. The number of hydrogen-bond acceptors (Lipinski definition) is 4. The minimum Gasteiger partial charge on any atom is -0.497 e. The van der Waals surface area contributed by atoms with Gasteiger partial charge in [0, 0.05) is 37.0 Å². The zero-order chi connectivity index (χ0) is 15.0. The smallest absolute Gasteiger partial charge is 0.163 e. The van der Waals surface area contributed by atoms with Crippen molar-refractivity contribution in [3.05, 3.63) is 41.7 Å². The molecule has 3 rings (SSSR count). The lowest BCUT2D eigenvalue weighted by molar-refractivity contribution is 0.0136. The normalized spacial score (nSPS) is 19.0. The second kappa shape index (κ2) is 5.10. The maximum atomic E-state index is 12.5. The number of nitrogens with zero attached hydrogens (tertiary/aromatic N) is 1. The maximum Gasteiger partial charge on any atom is 0.163 e. The number of carbonyl (C=O) groups is 1. The number of hydrogen-bond donors (Lipinski definition) is 1. The van der Waals surface area contributed by atoms with Gasteiger partial charge in [0.15, 0.2) is 5.78 Å². The van der Waals surface area contributed by atoms with Gasteiger partial charge in [-0.1, -0.05) is 12.6 Å². The molecule has 2 aliphatic rings. The minimum atomic E-state index is 0.0943. The largest absolute Gasteiger partial charge is 0.497 e. The lowest BCUT2D eigenvalue weighted by Crippen LogP contribution is -2.60. The van der Waals surface area contributed by atoms with E-state index >= 15 is 0 Å². The molecule has 1 aromatic carbocycles. The highest BCUT2D eigenvalue weighted by Gasteiger charge is 2.47. The molecule has 0 saturated carbocycles. The Bertz CT molecular complexity index is 588. The Kier molecular flexibility index (Phi) is 3.40. The number of ketones is 1. The van der Waals surface area contributed by atoms with Crippen molar-refractivity contribution in [2.24, 2.45) is 5.41 Å². The predicted molar refractivity (Wildman–Crippen MR) is 82.5 cm³/mol. The fourth-order valence-corrected chi connectivity index (χ4v) is 3.49.